The predicted octanol–water partition coefficient (Wildman–Crippen LogP) is 0.501. The smallest absolute Gasteiger partial charge is 0.251 e. The number of amidine groups is 1. The molecule has 1 aromatic heterocycles. The summed E-state index contributed by atoms with van der Waals surface area (Å²) in [7, 11) is 0. The molecule has 0 saturated carbocycles. The van der Waals surface area contributed by atoms with Gasteiger partial charge in [-0.3, -0.25) is 4.79 Å². The molecule has 0 aliphatic rings. The van der Waals surface area contributed by atoms with Gasteiger partial charge in [-0.05, 0) is 24.3 Å². The van der Waals surface area contributed by atoms with Crippen molar-refractivity contribution in [3.63, 3.8) is 0 Å². The number of carbonyl (C=O) groups is 1. The van der Waals surface area contributed by atoms with Crippen LogP contribution in [0.2, 0.25) is 0 Å². The van der Waals surface area contributed by atoms with Crippen LogP contribution in [-0.2, 0) is 6.54 Å². The molecule has 0 fully saturated rings. The second-order valence-corrected chi connectivity index (χ2v) is 3.96. The molecule has 7 nitrogen and oxygen atoms in total. The minimum Gasteiger partial charge on any atom is -0.409 e. The summed E-state index contributed by atoms with van der Waals surface area (Å²) in [6.07, 6.45) is 1.56. The highest BCUT2D eigenvalue weighted by Gasteiger charge is 2.08. The highest BCUT2D eigenvalue weighted by atomic mass is 16.4. The van der Waals surface area contributed by atoms with Gasteiger partial charge in [-0.15, -0.1) is 0 Å². The summed E-state index contributed by atoms with van der Waals surface area (Å²) >= 11 is 0. The molecule has 0 spiro atoms. The van der Waals surface area contributed by atoms with E-state index in [1.54, 1.807) is 42.6 Å². The Morgan fingerprint density at radius 2 is 2.10 bits per heavy atom. The van der Waals surface area contributed by atoms with Gasteiger partial charge in [0.05, 0.1) is 12.2 Å². The molecule has 0 radical (unpaired) electrons. The summed E-state index contributed by atoms with van der Waals surface area (Å²) in [5, 5.41) is 21.8. The van der Waals surface area contributed by atoms with Gasteiger partial charge in [-0.25, -0.2) is 0 Å². The number of hydrogen-bond acceptors (Lipinski definition) is 5. The largest absolute Gasteiger partial charge is 0.409 e. The summed E-state index contributed by atoms with van der Waals surface area (Å²) in [6.45, 7) is 0.278. The molecule has 1 aromatic carbocycles. The summed E-state index contributed by atoms with van der Waals surface area (Å²) in [6, 6.07) is 9.99. The first-order valence-corrected chi connectivity index (χ1v) is 5.83. The van der Waals surface area contributed by atoms with E-state index < -0.39 is 0 Å². The van der Waals surface area contributed by atoms with Crippen LogP contribution in [0.5, 0.6) is 0 Å². The monoisotopic (exact) mass is 271 g/mol. The van der Waals surface area contributed by atoms with Crippen molar-refractivity contribution in [2.75, 3.05) is 0 Å². The van der Waals surface area contributed by atoms with Crippen molar-refractivity contribution in [3.05, 3.63) is 59.4 Å². The van der Waals surface area contributed by atoms with Crippen LogP contribution in [-0.4, -0.2) is 27.1 Å². The van der Waals surface area contributed by atoms with Gasteiger partial charge in [-0.1, -0.05) is 17.3 Å². The van der Waals surface area contributed by atoms with Gasteiger partial charge in [0.25, 0.3) is 5.91 Å². The summed E-state index contributed by atoms with van der Waals surface area (Å²) in [5.41, 5.74) is 7.03. The molecular formula is C13H13N5O2. The zero-order chi connectivity index (χ0) is 14.4. The number of nitrogens with one attached hydrogen (secondary N) is 1. The zero-order valence-corrected chi connectivity index (χ0v) is 10.5. The fourth-order valence-electron chi connectivity index (χ4n) is 1.58. The second-order valence-electron chi connectivity index (χ2n) is 3.96. The number of benzene rings is 1. The van der Waals surface area contributed by atoms with Crippen molar-refractivity contribution in [1.82, 2.24) is 15.5 Å². The Balaban J connectivity index is 2.06. The third-order valence-electron chi connectivity index (χ3n) is 2.59. The Morgan fingerprint density at radius 1 is 1.30 bits per heavy atom. The number of oxime groups is 1. The Bertz CT molecular complexity index is 628. The van der Waals surface area contributed by atoms with Gasteiger partial charge in [0, 0.05) is 17.3 Å². The van der Waals surface area contributed by atoms with E-state index in [1.165, 1.54) is 0 Å². The van der Waals surface area contributed by atoms with Crippen molar-refractivity contribution in [2.24, 2.45) is 10.9 Å². The molecule has 1 amide bonds. The van der Waals surface area contributed by atoms with Gasteiger partial charge < -0.3 is 16.3 Å². The Morgan fingerprint density at radius 3 is 2.80 bits per heavy atom. The lowest BCUT2D eigenvalue weighted by molar-refractivity contribution is 0.0950. The van der Waals surface area contributed by atoms with E-state index >= 15 is 0 Å². The Kier molecular flexibility index (Phi) is 4.23. The SMILES string of the molecule is N/C(=N/O)c1cccc(C(=O)NCc2cccnn2)c1. The summed E-state index contributed by atoms with van der Waals surface area (Å²) in [5.74, 6) is -0.322. The maximum atomic E-state index is 12.0. The molecule has 1 heterocycles. The van der Waals surface area contributed by atoms with Crippen LogP contribution in [0.3, 0.4) is 0 Å². The van der Waals surface area contributed by atoms with Gasteiger partial charge in [0.15, 0.2) is 5.84 Å². The lowest BCUT2D eigenvalue weighted by Gasteiger charge is -2.06. The van der Waals surface area contributed by atoms with Crippen LogP contribution < -0.4 is 11.1 Å². The van der Waals surface area contributed by atoms with Crippen molar-refractivity contribution < 1.29 is 10.0 Å². The van der Waals surface area contributed by atoms with E-state index in [-0.39, 0.29) is 18.3 Å². The van der Waals surface area contributed by atoms with E-state index in [0.29, 0.717) is 16.8 Å². The predicted molar refractivity (Wildman–Crippen MR) is 72.2 cm³/mol. The maximum Gasteiger partial charge on any atom is 0.251 e. The number of nitrogens with zero attached hydrogens (tertiary/aromatic N) is 3. The van der Waals surface area contributed by atoms with Gasteiger partial charge in [-0.2, -0.15) is 10.2 Å². The normalized spacial score (nSPS) is 11.1. The fourth-order valence-corrected chi connectivity index (χ4v) is 1.58. The van der Waals surface area contributed by atoms with Crippen molar-refractivity contribution in [1.29, 1.82) is 0 Å². The highest BCUT2D eigenvalue weighted by Crippen LogP contribution is 2.05. The lowest BCUT2D eigenvalue weighted by Crippen LogP contribution is -2.24. The number of nitrogens with two attached hydrogens (primary N) is 1. The van der Waals surface area contributed by atoms with Crippen LogP contribution >= 0.6 is 0 Å². The first kappa shape index (κ1) is 13.5. The van der Waals surface area contributed by atoms with E-state index in [1.807, 2.05) is 0 Å². The average Bonchev–Trinajstić information content (AvgIpc) is 2.53. The van der Waals surface area contributed by atoms with E-state index in [0.717, 1.165) is 0 Å². The van der Waals surface area contributed by atoms with Gasteiger partial charge >= 0.3 is 0 Å². The van der Waals surface area contributed by atoms with Crippen molar-refractivity contribution >= 4 is 11.7 Å². The van der Waals surface area contributed by atoms with Crippen LogP contribution in [0.25, 0.3) is 0 Å². The molecule has 102 valence electrons. The lowest BCUT2D eigenvalue weighted by atomic mass is 10.1. The van der Waals surface area contributed by atoms with E-state index in [9.17, 15) is 4.79 Å². The second kappa shape index (κ2) is 6.28. The first-order valence-electron chi connectivity index (χ1n) is 5.83. The van der Waals surface area contributed by atoms with Crippen LogP contribution in [0, 0.1) is 0 Å². The fraction of sp³-hybridized carbons (Fsp3) is 0.0769. The molecule has 0 aliphatic carbocycles. The topological polar surface area (TPSA) is 113 Å². The molecule has 20 heavy (non-hydrogen) atoms. The Hall–Kier alpha value is -2.96. The molecule has 4 N–H and O–H groups in total. The first-order chi connectivity index (χ1) is 9.70. The molecule has 2 aromatic rings. The number of hydrogen-bond donors (Lipinski definition) is 3. The number of carbonyl (C=O) groups excluding carboxylic acids is 1. The molecule has 7 heteroatoms. The van der Waals surface area contributed by atoms with Crippen molar-refractivity contribution in [2.45, 2.75) is 6.54 Å². The number of rotatable bonds is 4. The third-order valence-corrected chi connectivity index (χ3v) is 2.59. The number of amides is 1. The molecule has 0 aliphatic heterocycles. The van der Waals surface area contributed by atoms with Gasteiger partial charge in [0.2, 0.25) is 0 Å². The van der Waals surface area contributed by atoms with E-state index in [2.05, 4.69) is 20.7 Å². The number of aromatic nitrogens is 2. The van der Waals surface area contributed by atoms with Crippen molar-refractivity contribution in [3.8, 4) is 0 Å². The molecule has 2 rings (SSSR count). The van der Waals surface area contributed by atoms with E-state index in [4.69, 9.17) is 10.9 Å². The third kappa shape index (κ3) is 3.29. The minimum absolute atomic E-state index is 0.0476. The minimum atomic E-state index is -0.275. The standard InChI is InChI=1S/C13H13N5O2/c14-12(18-20)9-3-1-4-10(7-9)13(19)15-8-11-5-2-6-16-17-11/h1-7,20H,8H2,(H2,14,18)(H,15,19). The molecular weight excluding hydrogens is 258 g/mol. The zero-order valence-electron chi connectivity index (χ0n) is 10.5. The average molecular weight is 271 g/mol. The molecule has 0 unspecified atom stereocenters. The Labute approximate surface area is 115 Å². The van der Waals surface area contributed by atoms with Gasteiger partial charge in [0.1, 0.15) is 0 Å². The molecule has 0 saturated heterocycles. The summed E-state index contributed by atoms with van der Waals surface area (Å²) in [4.78, 5) is 12.0. The highest BCUT2D eigenvalue weighted by molar-refractivity contribution is 6.01. The van der Waals surface area contributed by atoms with Crippen LogP contribution in [0.4, 0.5) is 0 Å². The maximum absolute atomic E-state index is 12.0. The summed E-state index contributed by atoms with van der Waals surface area (Å²) < 4.78 is 0. The van der Waals surface area contributed by atoms with Crippen LogP contribution in [0.1, 0.15) is 21.6 Å². The quantitative estimate of drug-likeness (QED) is 0.324. The molecule has 0 atom stereocenters. The molecule has 0 bridgehead atoms. The van der Waals surface area contributed by atoms with Crippen LogP contribution in [0.15, 0.2) is 47.8 Å².